The minimum Gasteiger partial charge on any atom is -0.324 e. The lowest BCUT2D eigenvalue weighted by atomic mass is 10.2. The Kier molecular flexibility index (Phi) is 3.45. The fourth-order valence-electron chi connectivity index (χ4n) is 1.32. The molecule has 0 aromatic carbocycles. The van der Waals surface area contributed by atoms with Crippen LogP contribution in [-0.4, -0.2) is 28.8 Å². The summed E-state index contributed by atoms with van der Waals surface area (Å²) in [7, 11) is 0. The average molecular weight is 247 g/mol. The summed E-state index contributed by atoms with van der Waals surface area (Å²) in [6.07, 6.45) is 3.90. The van der Waals surface area contributed by atoms with Crippen molar-refractivity contribution in [3.05, 3.63) is 16.9 Å². The van der Waals surface area contributed by atoms with E-state index in [1.165, 1.54) is 11.8 Å². The highest BCUT2D eigenvalue weighted by molar-refractivity contribution is 7.98. The number of ether oxygens (including phenoxy) is 2. The second kappa shape index (κ2) is 4.65. The normalized spacial score (nSPS) is 25.0. The van der Waals surface area contributed by atoms with Gasteiger partial charge in [0.25, 0.3) is 0 Å². The molecular formula is C9H11ClN2O2S. The van der Waals surface area contributed by atoms with Crippen LogP contribution in [0.5, 0.6) is 0 Å². The van der Waals surface area contributed by atoms with Crippen LogP contribution in [0, 0.1) is 0 Å². The van der Waals surface area contributed by atoms with E-state index in [9.17, 15) is 0 Å². The van der Waals surface area contributed by atoms with Gasteiger partial charge in [-0.2, -0.15) is 0 Å². The van der Waals surface area contributed by atoms with Crippen molar-refractivity contribution in [2.45, 2.75) is 31.1 Å². The lowest BCUT2D eigenvalue weighted by molar-refractivity contribution is -0.374. The summed E-state index contributed by atoms with van der Waals surface area (Å²) >= 11 is 7.46. The third-order valence-electron chi connectivity index (χ3n) is 2.05. The van der Waals surface area contributed by atoms with E-state index >= 15 is 0 Å². The van der Waals surface area contributed by atoms with Gasteiger partial charge in [0.05, 0.1) is 0 Å². The second-order valence-corrected chi connectivity index (χ2v) is 4.28. The Morgan fingerprint density at radius 3 is 2.80 bits per heavy atom. The van der Waals surface area contributed by atoms with Crippen molar-refractivity contribution in [1.29, 1.82) is 0 Å². The molecule has 0 bridgehead atoms. The molecule has 0 atom stereocenters. The minimum atomic E-state index is -0.207. The van der Waals surface area contributed by atoms with Gasteiger partial charge in [0.2, 0.25) is 0 Å². The molecule has 0 N–H and O–H groups in total. The Bertz CT molecular complexity index is 358. The summed E-state index contributed by atoms with van der Waals surface area (Å²) in [5, 5.41) is 1.15. The summed E-state index contributed by atoms with van der Waals surface area (Å²) in [5.74, 6) is 0. The van der Waals surface area contributed by atoms with E-state index in [-0.39, 0.29) is 12.6 Å². The minimum absolute atomic E-state index is 0.111. The van der Waals surface area contributed by atoms with Crippen LogP contribution >= 0.6 is 23.4 Å². The molecule has 1 aliphatic rings. The molecule has 1 saturated heterocycles. The predicted octanol–water partition coefficient (Wildman–Crippen LogP) is 2.11. The molecule has 0 spiro atoms. The van der Waals surface area contributed by atoms with Crippen LogP contribution in [0.15, 0.2) is 11.4 Å². The maximum Gasteiger partial charge on any atom is 0.188 e. The van der Waals surface area contributed by atoms with E-state index < -0.39 is 0 Å². The van der Waals surface area contributed by atoms with Crippen molar-refractivity contribution in [1.82, 2.24) is 9.97 Å². The van der Waals surface area contributed by atoms with E-state index in [1.807, 2.05) is 13.2 Å². The number of rotatable bonds is 3. The van der Waals surface area contributed by atoms with E-state index in [2.05, 4.69) is 9.97 Å². The third-order valence-corrected chi connectivity index (χ3v) is 2.93. The molecule has 1 aromatic heterocycles. The topological polar surface area (TPSA) is 44.2 Å². The zero-order chi connectivity index (χ0) is 10.8. The zero-order valence-electron chi connectivity index (χ0n) is 8.44. The van der Waals surface area contributed by atoms with Crippen LogP contribution in [0.1, 0.15) is 12.5 Å². The van der Waals surface area contributed by atoms with Crippen LogP contribution in [0.4, 0.5) is 0 Å². The van der Waals surface area contributed by atoms with Gasteiger partial charge in [-0.15, -0.1) is 0 Å². The second-order valence-electron chi connectivity index (χ2n) is 3.15. The first kappa shape index (κ1) is 11.1. The first-order chi connectivity index (χ1) is 7.19. The monoisotopic (exact) mass is 246 g/mol. The molecule has 6 heteroatoms. The zero-order valence-corrected chi connectivity index (χ0v) is 10.0. The molecule has 82 valence electrons. The maximum absolute atomic E-state index is 5.99. The number of nitrogens with zero attached hydrogens (tertiary/aromatic N) is 2. The van der Waals surface area contributed by atoms with Gasteiger partial charge in [0, 0.05) is 18.2 Å². The molecule has 0 aliphatic carbocycles. The predicted molar refractivity (Wildman–Crippen MR) is 57.9 cm³/mol. The SMILES string of the molecule is CSc1ncc(CC2OC(C)O2)c(Cl)n1. The quantitative estimate of drug-likeness (QED) is 0.464. The molecule has 0 unspecified atom stereocenters. The van der Waals surface area contributed by atoms with Crippen molar-refractivity contribution in [2.75, 3.05) is 6.26 Å². The molecular weight excluding hydrogens is 236 g/mol. The molecule has 1 aliphatic heterocycles. The molecule has 0 radical (unpaired) electrons. The highest BCUT2D eigenvalue weighted by Gasteiger charge is 2.27. The molecule has 1 aromatic rings. The number of hydrogen-bond donors (Lipinski definition) is 0. The fourth-order valence-corrected chi connectivity index (χ4v) is 1.92. The van der Waals surface area contributed by atoms with Gasteiger partial charge < -0.3 is 9.47 Å². The smallest absolute Gasteiger partial charge is 0.188 e. The van der Waals surface area contributed by atoms with E-state index in [0.29, 0.717) is 16.7 Å². The lowest BCUT2D eigenvalue weighted by Gasteiger charge is -2.33. The maximum atomic E-state index is 5.99. The molecule has 2 heterocycles. The van der Waals surface area contributed by atoms with Crippen LogP contribution in [0.2, 0.25) is 5.15 Å². The van der Waals surface area contributed by atoms with Gasteiger partial charge in [-0.05, 0) is 13.2 Å². The number of thioether (sulfide) groups is 1. The average Bonchev–Trinajstić information content (AvgIpc) is 2.18. The van der Waals surface area contributed by atoms with Crippen molar-refractivity contribution in [3.8, 4) is 0 Å². The molecule has 1 fully saturated rings. The Morgan fingerprint density at radius 1 is 1.53 bits per heavy atom. The Hall–Kier alpha value is -0.360. The molecule has 15 heavy (non-hydrogen) atoms. The van der Waals surface area contributed by atoms with Gasteiger partial charge in [0.1, 0.15) is 5.15 Å². The highest BCUT2D eigenvalue weighted by atomic mass is 35.5. The van der Waals surface area contributed by atoms with E-state index in [0.717, 1.165) is 5.56 Å². The van der Waals surface area contributed by atoms with Crippen molar-refractivity contribution < 1.29 is 9.47 Å². The van der Waals surface area contributed by atoms with Gasteiger partial charge in [-0.1, -0.05) is 23.4 Å². The van der Waals surface area contributed by atoms with Gasteiger partial charge in [-0.25, -0.2) is 9.97 Å². The van der Waals surface area contributed by atoms with Crippen molar-refractivity contribution in [2.24, 2.45) is 0 Å². The Morgan fingerprint density at radius 2 is 2.27 bits per heavy atom. The number of aromatic nitrogens is 2. The number of halogens is 1. The van der Waals surface area contributed by atoms with E-state index in [1.54, 1.807) is 6.20 Å². The summed E-state index contributed by atoms with van der Waals surface area (Å²) < 4.78 is 10.6. The fraction of sp³-hybridized carbons (Fsp3) is 0.556. The van der Waals surface area contributed by atoms with Crippen LogP contribution in [0.25, 0.3) is 0 Å². The molecule has 2 rings (SSSR count). The summed E-state index contributed by atoms with van der Waals surface area (Å²) in [6.45, 7) is 1.85. The van der Waals surface area contributed by atoms with Gasteiger partial charge in [0.15, 0.2) is 17.7 Å². The Balaban J connectivity index is 2.02. The number of hydrogen-bond acceptors (Lipinski definition) is 5. The summed E-state index contributed by atoms with van der Waals surface area (Å²) in [6, 6.07) is 0. The summed E-state index contributed by atoms with van der Waals surface area (Å²) in [5.41, 5.74) is 0.853. The lowest BCUT2D eigenvalue weighted by Crippen LogP contribution is -2.40. The molecule has 4 nitrogen and oxygen atoms in total. The highest BCUT2D eigenvalue weighted by Crippen LogP contribution is 2.23. The van der Waals surface area contributed by atoms with Crippen LogP contribution < -0.4 is 0 Å². The first-order valence-electron chi connectivity index (χ1n) is 4.55. The first-order valence-corrected chi connectivity index (χ1v) is 6.15. The van der Waals surface area contributed by atoms with Crippen molar-refractivity contribution in [3.63, 3.8) is 0 Å². The Labute approximate surface area is 97.3 Å². The molecule has 0 saturated carbocycles. The van der Waals surface area contributed by atoms with Gasteiger partial charge in [-0.3, -0.25) is 0 Å². The largest absolute Gasteiger partial charge is 0.324 e. The van der Waals surface area contributed by atoms with Crippen LogP contribution in [0.3, 0.4) is 0 Å². The van der Waals surface area contributed by atoms with Gasteiger partial charge >= 0.3 is 0 Å². The van der Waals surface area contributed by atoms with Crippen molar-refractivity contribution >= 4 is 23.4 Å². The standard InChI is InChI=1S/C9H11ClN2O2S/c1-5-13-7(14-5)3-6-4-11-9(15-2)12-8(6)10/h4-5,7H,3H2,1-2H3. The van der Waals surface area contributed by atoms with E-state index in [4.69, 9.17) is 21.1 Å². The summed E-state index contributed by atoms with van der Waals surface area (Å²) in [4.78, 5) is 8.27. The third kappa shape index (κ3) is 2.60. The van der Waals surface area contributed by atoms with Crippen LogP contribution in [-0.2, 0) is 15.9 Å². The molecule has 0 amide bonds.